The van der Waals surface area contributed by atoms with E-state index in [4.69, 9.17) is 0 Å². The molecule has 0 saturated carbocycles. The molecule has 0 aliphatic rings. The Morgan fingerprint density at radius 1 is 1.31 bits per heavy atom. The maximum absolute atomic E-state index is 3.59. The Kier molecular flexibility index (Phi) is 6.47. The summed E-state index contributed by atoms with van der Waals surface area (Å²) in [6.07, 6.45) is 1.17. The molecule has 2 atom stereocenters. The first-order valence-electron chi connectivity index (χ1n) is 5.83. The van der Waals surface area contributed by atoms with Crippen molar-refractivity contribution >= 4 is 27.7 Å². The standard InChI is InChI=1S/C13H20BrNS/c1-4-12(15-5-2)10(3)16-13-9-7-6-8-11(13)14/h6-10,12,15H,4-5H2,1-3H3. The predicted octanol–water partition coefficient (Wildman–Crippen LogP) is 4.32. The topological polar surface area (TPSA) is 12.0 Å². The van der Waals surface area contributed by atoms with E-state index in [0.29, 0.717) is 11.3 Å². The van der Waals surface area contributed by atoms with Gasteiger partial charge < -0.3 is 5.32 Å². The average Bonchev–Trinajstić information content (AvgIpc) is 2.29. The van der Waals surface area contributed by atoms with Crippen LogP contribution >= 0.6 is 27.7 Å². The minimum absolute atomic E-state index is 0.585. The summed E-state index contributed by atoms with van der Waals surface area (Å²) < 4.78 is 1.19. The molecule has 0 fully saturated rings. The van der Waals surface area contributed by atoms with Gasteiger partial charge in [0.1, 0.15) is 0 Å². The third-order valence-corrected chi connectivity index (χ3v) is 4.89. The Labute approximate surface area is 112 Å². The van der Waals surface area contributed by atoms with E-state index in [1.165, 1.54) is 15.8 Å². The van der Waals surface area contributed by atoms with Gasteiger partial charge in [-0.15, -0.1) is 11.8 Å². The molecule has 1 aromatic rings. The Bertz CT molecular complexity index is 317. The number of benzene rings is 1. The minimum Gasteiger partial charge on any atom is -0.313 e. The molecule has 1 rings (SSSR count). The van der Waals surface area contributed by atoms with Gasteiger partial charge in [-0.3, -0.25) is 0 Å². The van der Waals surface area contributed by atoms with Crippen LogP contribution in [0.25, 0.3) is 0 Å². The van der Waals surface area contributed by atoms with Gasteiger partial charge in [-0.25, -0.2) is 0 Å². The summed E-state index contributed by atoms with van der Waals surface area (Å²) in [5, 5.41) is 4.12. The van der Waals surface area contributed by atoms with Crippen molar-refractivity contribution in [2.24, 2.45) is 0 Å². The van der Waals surface area contributed by atoms with Crippen molar-refractivity contribution in [2.45, 2.75) is 43.4 Å². The molecule has 0 bridgehead atoms. The molecule has 0 radical (unpaired) electrons. The molecule has 0 aliphatic carbocycles. The molecular formula is C13H20BrNS. The van der Waals surface area contributed by atoms with Gasteiger partial charge in [0.25, 0.3) is 0 Å². The maximum atomic E-state index is 3.59. The highest BCUT2D eigenvalue weighted by Crippen LogP contribution is 2.31. The van der Waals surface area contributed by atoms with E-state index in [9.17, 15) is 0 Å². The van der Waals surface area contributed by atoms with Gasteiger partial charge in [0.05, 0.1) is 0 Å². The smallest absolute Gasteiger partial charge is 0.0311 e. The zero-order valence-corrected chi connectivity index (χ0v) is 12.6. The summed E-state index contributed by atoms with van der Waals surface area (Å²) in [4.78, 5) is 1.33. The van der Waals surface area contributed by atoms with Crippen LogP contribution in [0, 0.1) is 0 Å². The van der Waals surface area contributed by atoms with Crippen LogP contribution in [0.1, 0.15) is 27.2 Å². The first-order chi connectivity index (χ1) is 7.69. The third-order valence-electron chi connectivity index (χ3n) is 2.62. The fourth-order valence-corrected chi connectivity index (χ4v) is 3.48. The van der Waals surface area contributed by atoms with Crippen LogP contribution in [0.5, 0.6) is 0 Å². The average molecular weight is 302 g/mol. The van der Waals surface area contributed by atoms with Crippen molar-refractivity contribution in [3.05, 3.63) is 28.7 Å². The zero-order valence-electron chi connectivity index (χ0n) is 10.2. The van der Waals surface area contributed by atoms with Crippen molar-refractivity contribution in [1.29, 1.82) is 0 Å². The van der Waals surface area contributed by atoms with Gasteiger partial charge in [-0.2, -0.15) is 0 Å². The second-order valence-corrected chi connectivity index (χ2v) is 6.10. The van der Waals surface area contributed by atoms with E-state index in [1.807, 2.05) is 11.8 Å². The quantitative estimate of drug-likeness (QED) is 0.786. The molecule has 90 valence electrons. The first-order valence-corrected chi connectivity index (χ1v) is 7.50. The van der Waals surface area contributed by atoms with Gasteiger partial charge in [0.15, 0.2) is 0 Å². The lowest BCUT2D eigenvalue weighted by Gasteiger charge is -2.23. The van der Waals surface area contributed by atoms with E-state index in [0.717, 1.165) is 6.54 Å². The lowest BCUT2D eigenvalue weighted by molar-refractivity contribution is 0.509. The van der Waals surface area contributed by atoms with Crippen molar-refractivity contribution in [1.82, 2.24) is 5.32 Å². The van der Waals surface area contributed by atoms with Gasteiger partial charge in [-0.05, 0) is 41.0 Å². The largest absolute Gasteiger partial charge is 0.313 e. The molecule has 1 nitrogen and oxygen atoms in total. The zero-order chi connectivity index (χ0) is 12.0. The fourth-order valence-electron chi connectivity index (χ4n) is 1.73. The van der Waals surface area contributed by atoms with Gasteiger partial charge >= 0.3 is 0 Å². The van der Waals surface area contributed by atoms with Crippen molar-refractivity contribution in [3.8, 4) is 0 Å². The van der Waals surface area contributed by atoms with Crippen LogP contribution in [0.3, 0.4) is 0 Å². The summed E-state index contributed by atoms with van der Waals surface area (Å²) in [6, 6.07) is 9.00. The number of nitrogens with one attached hydrogen (secondary N) is 1. The Morgan fingerprint density at radius 2 is 2.00 bits per heavy atom. The molecule has 2 unspecified atom stereocenters. The second kappa shape index (κ2) is 7.36. The van der Waals surface area contributed by atoms with E-state index in [1.54, 1.807) is 0 Å². The highest BCUT2D eigenvalue weighted by molar-refractivity contribution is 9.10. The maximum Gasteiger partial charge on any atom is 0.0311 e. The molecule has 0 aromatic heterocycles. The fraction of sp³-hybridized carbons (Fsp3) is 0.538. The van der Waals surface area contributed by atoms with E-state index in [2.05, 4.69) is 66.3 Å². The van der Waals surface area contributed by atoms with E-state index >= 15 is 0 Å². The molecule has 3 heteroatoms. The Morgan fingerprint density at radius 3 is 2.56 bits per heavy atom. The lowest BCUT2D eigenvalue weighted by Crippen LogP contribution is -2.35. The molecule has 0 spiro atoms. The van der Waals surface area contributed by atoms with Crippen LogP contribution < -0.4 is 5.32 Å². The van der Waals surface area contributed by atoms with E-state index in [-0.39, 0.29) is 0 Å². The summed E-state index contributed by atoms with van der Waals surface area (Å²) >= 11 is 5.53. The molecule has 1 aromatic carbocycles. The van der Waals surface area contributed by atoms with Crippen LogP contribution in [0.15, 0.2) is 33.6 Å². The Balaban J connectivity index is 2.62. The second-order valence-electron chi connectivity index (χ2n) is 3.83. The highest BCUT2D eigenvalue weighted by Gasteiger charge is 2.16. The number of hydrogen-bond acceptors (Lipinski definition) is 2. The SMILES string of the molecule is CCNC(CC)C(C)Sc1ccccc1Br. The summed E-state index contributed by atoms with van der Waals surface area (Å²) in [6.45, 7) is 7.74. The highest BCUT2D eigenvalue weighted by atomic mass is 79.9. The molecule has 0 heterocycles. The number of halogens is 1. The van der Waals surface area contributed by atoms with Crippen molar-refractivity contribution in [3.63, 3.8) is 0 Å². The molecule has 0 aliphatic heterocycles. The lowest BCUT2D eigenvalue weighted by atomic mass is 10.2. The molecule has 0 saturated heterocycles. The number of rotatable bonds is 6. The number of hydrogen-bond donors (Lipinski definition) is 1. The number of thioether (sulfide) groups is 1. The summed E-state index contributed by atoms with van der Waals surface area (Å²) in [5.41, 5.74) is 0. The first kappa shape index (κ1) is 14.1. The molecular weight excluding hydrogens is 282 g/mol. The van der Waals surface area contributed by atoms with Crippen LogP contribution in [-0.2, 0) is 0 Å². The summed E-state index contributed by atoms with van der Waals surface area (Å²) in [5.74, 6) is 0. The van der Waals surface area contributed by atoms with Gasteiger partial charge in [0, 0.05) is 20.7 Å². The van der Waals surface area contributed by atoms with Crippen molar-refractivity contribution in [2.75, 3.05) is 6.54 Å². The summed E-state index contributed by atoms with van der Waals surface area (Å²) in [7, 11) is 0. The van der Waals surface area contributed by atoms with E-state index < -0.39 is 0 Å². The van der Waals surface area contributed by atoms with Crippen molar-refractivity contribution < 1.29 is 0 Å². The minimum atomic E-state index is 0.585. The molecule has 0 amide bonds. The Hall–Kier alpha value is 0.01000. The molecule has 1 N–H and O–H groups in total. The predicted molar refractivity (Wildman–Crippen MR) is 77.2 cm³/mol. The normalized spacial score (nSPS) is 14.8. The van der Waals surface area contributed by atoms with Crippen LogP contribution in [0.4, 0.5) is 0 Å². The van der Waals surface area contributed by atoms with Crippen LogP contribution in [-0.4, -0.2) is 17.8 Å². The third kappa shape index (κ3) is 4.11. The van der Waals surface area contributed by atoms with Gasteiger partial charge in [-0.1, -0.05) is 32.9 Å². The monoisotopic (exact) mass is 301 g/mol. The van der Waals surface area contributed by atoms with Gasteiger partial charge in [0.2, 0.25) is 0 Å². The van der Waals surface area contributed by atoms with Crippen LogP contribution in [0.2, 0.25) is 0 Å². The molecule has 16 heavy (non-hydrogen) atoms.